The van der Waals surface area contributed by atoms with Crippen molar-refractivity contribution in [2.45, 2.75) is 84.0 Å². The SMILES string of the molecule is C/C=C/CCc1ccc(-c2ccc(C3CCC4CC(CC/C=C/C)CCC4C3)c(F)c2F)cc1. The second-order valence-corrected chi connectivity index (χ2v) is 10.5. The second-order valence-electron chi connectivity index (χ2n) is 10.5. The van der Waals surface area contributed by atoms with Crippen LogP contribution in [-0.4, -0.2) is 0 Å². The van der Waals surface area contributed by atoms with E-state index in [9.17, 15) is 0 Å². The molecule has 0 heterocycles. The molecule has 0 N–H and O–H groups in total. The smallest absolute Gasteiger partial charge is 0.166 e. The molecule has 2 saturated carbocycles. The molecule has 2 aliphatic carbocycles. The Kier molecular flexibility index (Phi) is 8.75. The quantitative estimate of drug-likeness (QED) is 0.342. The van der Waals surface area contributed by atoms with E-state index >= 15 is 8.78 Å². The third-order valence-corrected chi connectivity index (χ3v) is 8.35. The molecule has 2 aliphatic rings. The summed E-state index contributed by atoms with van der Waals surface area (Å²) in [5.41, 5.74) is 2.93. The zero-order valence-corrected chi connectivity index (χ0v) is 20.9. The molecule has 0 nitrogen and oxygen atoms in total. The molecule has 182 valence electrons. The lowest BCUT2D eigenvalue weighted by Gasteiger charge is -2.42. The predicted molar refractivity (Wildman–Crippen MR) is 140 cm³/mol. The maximum atomic E-state index is 15.3. The van der Waals surface area contributed by atoms with Gasteiger partial charge in [0, 0.05) is 5.56 Å². The predicted octanol–water partition coefficient (Wildman–Crippen LogP) is 9.80. The lowest BCUT2D eigenvalue weighted by atomic mass is 9.63. The number of hydrogen-bond donors (Lipinski definition) is 0. The lowest BCUT2D eigenvalue weighted by Crippen LogP contribution is -2.30. The average molecular weight is 463 g/mol. The van der Waals surface area contributed by atoms with E-state index in [0.29, 0.717) is 17.0 Å². The van der Waals surface area contributed by atoms with Gasteiger partial charge in [-0.05, 0) is 112 Å². The first kappa shape index (κ1) is 24.9. The van der Waals surface area contributed by atoms with E-state index in [0.717, 1.165) is 49.5 Å². The summed E-state index contributed by atoms with van der Waals surface area (Å²) in [4.78, 5) is 0. The molecule has 34 heavy (non-hydrogen) atoms. The number of fused-ring (bicyclic) bond motifs is 1. The Hall–Kier alpha value is -2.22. The Morgan fingerprint density at radius 3 is 2.24 bits per heavy atom. The fourth-order valence-corrected chi connectivity index (χ4v) is 6.40. The standard InChI is InChI=1S/C32H40F2/c1-3-5-7-9-23-11-14-25(15-12-23)29-19-20-30(32(34)31(29)33)28-18-17-26-21-24(10-8-6-4-2)13-16-27(26)22-28/h3-6,11-12,14-15,19-20,24,26-28H,7-10,13,16-18,21-22H2,1-2H3/b5-3+,6-4+. The molecule has 0 spiro atoms. The van der Waals surface area contributed by atoms with Crippen LogP contribution in [0.15, 0.2) is 60.7 Å². The number of benzene rings is 2. The largest absolute Gasteiger partial charge is 0.203 e. The van der Waals surface area contributed by atoms with Gasteiger partial charge in [0.1, 0.15) is 0 Å². The summed E-state index contributed by atoms with van der Waals surface area (Å²) in [7, 11) is 0. The summed E-state index contributed by atoms with van der Waals surface area (Å²) in [6.45, 7) is 4.11. The zero-order valence-electron chi connectivity index (χ0n) is 20.9. The molecule has 2 fully saturated rings. The van der Waals surface area contributed by atoms with E-state index in [4.69, 9.17) is 0 Å². The van der Waals surface area contributed by atoms with Gasteiger partial charge in [-0.25, -0.2) is 8.78 Å². The maximum Gasteiger partial charge on any atom is 0.166 e. The minimum atomic E-state index is -0.686. The van der Waals surface area contributed by atoms with Crippen molar-refractivity contribution in [2.24, 2.45) is 17.8 Å². The van der Waals surface area contributed by atoms with Crippen LogP contribution < -0.4 is 0 Å². The van der Waals surface area contributed by atoms with Crippen molar-refractivity contribution < 1.29 is 8.78 Å². The first-order valence-electron chi connectivity index (χ1n) is 13.4. The van der Waals surface area contributed by atoms with E-state index in [-0.39, 0.29) is 5.92 Å². The number of hydrogen-bond acceptors (Lipinski definition) is 0. The van der Waals surface area contributed by atoms with Crippen molar-refractivity contribution in [3.05, 3.63) is 83.5 Å². The molecule has 0 aliphatic heterocycles. The molecule has 0 amide bonds. The minimum Gasteiger partial charge on any atom is -0.203 e. The van der Waals surface area contributed by atoms with Gasteiger partial charge < -0.3 is 0 Å². The van der Waals surface area contributed by atoms with E-state index < -0.39 is 11.6 Å². The summed E-state index contributed by atoms with van der Waals surface area (Å²) in [6.07, 6.45) is 20.1. The van der Waals surface area contributed by atoms with Gasteiger partial charge >= 0.3 is 0 Å². The molecule has 0 bridgehead atoms. The van der Waals surface area contributed by atoms with Crippen LogP contribution in [0.2, 0.25) is 0 Å². The van der Waals surface area contributed by atoms with Gasteiger partial charge in [-0.3, -0.25) is 0 Å². The lowest BCUT2D eigenvalue weighted by molar-refractivity contribution is 0.114. The Morgan fingerprint density at radius 1 is 0.765 bits per heavy atom. The van der Waals surface area contributed by atoms with Crippen LogP contribution in [0.3, 0.4) is 0 Å². The van der Waals surface area contributed by atoms with Gasteiger partial charge in [0.05, 0.1) is 0 Å². The van der Waals surface area contributed by atoms with Gasteiger partial charge in [-0.15, -0.1) is 0 Å². The highest BCUT2D eigenvalue weighted by molar-refractivity contribution is 5.65. The Bertz CT molecular complexity index is 985. The fraction of sp³-hybridized carbons (Fsp3) is 0.500. The van der Waals surface area contributed by atoms with Gasteiger partial charge in [0.2, 0.25) is 0 Å². The Morgan fingerprint density at radius 2 is 1.47 bits per heavy atom. The van der Waals surface area contributed by atoms with Crippen molar-refractivity contribution in [3.63, 3.8) is 0 Å². The summed E-state index contributed by atoms with van der Waals surface area (Å²) in [5, 5.41) is 0. The van der Waals surface area contributed by atoms with Crippen molar-refractivity contribution in [2.75, 3.05) is 0 Å². The highest BCUT2D eigenvalue weighted by Gasteiger charge is 2.36. The van der Waals surface area contributed by atoms with Gasteiger partial charge in [0.25, 0.3) is 0 Å². The van der Waals surface area contributed by atoms with Gasteiger partial charge in [-0.2, -0.15) is 0 Å². The molecule has 0 aromatic heterocycles. The van der Waals surface area contributed by atoms with Crippen LogP contribution in [-0.2, 0) is 6.42 Å². The molecule has 2 aromatic carbocycles. The minimum absolute atomic E-state index is 0.151. The topological polar surface area (TPSA) is 0 Å². The number of halogens is 2. The van der Waals surface area contributed by atoms with Crippen molar-refractivity contribution in [1.29, 1.82) is 0 Å². The Labute approximate surface area is 205 Å². The van der Waals surface area contributed by atoms with Gasteiger partial charge in [-0.1, -0.05) is 67.1 Å². The molecule has 4 atom stereocenters. The normalized spacial score (nSPS) is 25.2. The summed E-state index contributed by atoms with van der Waals surface area (Å²) >= 11 is 0. The highest BCUT2D eigenvalue weighted by atomic mass is 19.2. The molecule has 0 saturated heterocycles. The maximum absolute atomic E-state index is 15.3. The van der Waals surface area contributed by atoms with Crippen LogP contribution in [0, 0.1) is 29.4 Å². The van der Waals surface area contributed by atoms with E-state index in [1.807, 2.05) is 37.3 Å². The molecule has 4 unspecified atom stereocenters. The number of allylic oxidation sites excluding steroid dienone is 4. The van der Waals surface area contributed by atoms with Crippen LogP contribution in [0.25, 0.3) is 11.1 Å². The number of rotatable bonds is 8. The molecule has 0 radical (unpaired) electrons. The third kappa shape index (κ3) is 5.88. The second kappa shape index (κ2) is 12.0. The zero-order chi connectivity index (χ0) is 23.9. The van der Waals surface area contributed by atoms with E-state index in [1.165, 1.54) is 37.7 Å². The first-order chi connectivity index (χ1) is 16.6. The summed E-state index contributed by atoms with van der Waals surface area (Å²) in [6, 6.07) is 11.6. The fourth-order valence-electron chi connectivity index (χ4n) is 6.40. The highest BCUT2D eigenvalue weighted by Crippen LogP contribution is 2.49. The van der Waals surface area contributed by atoms with Gasteiger partial charge in [0.15, 0.2) is 11.6 Å². The molecular formula is C32H40F2. The summed E-state index contributed by atoms with van der Waals surface area (Å²) in [5.74, 6) is 1.13. The van der Waals surface area contributed by atoms with E-state index in [1.54, 1.807) is 6.07 Å². The third-order valence-electron chi connectivity index (χ3n) is 8.35. The van der Waals surface area contributed by atoms with Crippen LogP contribution in [0.5, 0.6) is 0 Å². The molecule has 2 heteroatoms. The van der Waals surface area contributed by atoms with Crippen LogP contribution in [0.4, 0.5) is 8.78 Å². The van der Waals surface area contributed by atoms with Crippen molar-refractivity contribution in [1.82, 2.24) is 0 Å². The summed E-state index contributed by atoms with van der Waals surface area (Å²) < 4.78 is 30.5. The van der Waals surface area contributed by atoms with Crippen LogP contribution >= 0.6 is 0 Å². The first-order valence-corrected chi connectivity index (χ1v) is 13.4. The van der Waals surface area contributed by atoms with E-state index in [2.05, 4.69) is 31.2 Å². The van der Waals surface area contributed by atoms with Crippen LogP contribution in [0.1, 0.15) is 88.7 Å². The average Bonchev–Trinajstić information content (AvgIpc) is 2.86. The molecule has 4 rings (SSSR count). The molecular weight excluding hydrogens is 422 g/mol. The number of aryl methyl sites for hydroxylation is 1. The monoisotopic (exact) mass is 462 g/mol. The van der Waals surface area contributed by atoms with Crippen molar-refractivity contribution in [3.8, 4) is 11.1 Å². The van der Waals surface area contributed by atoms with Crippen molar-refractivity contribution >= 4 is 0 Å². The molecule has 2 aromatic rings. The Balaban J connectivity index is 1.41.